The third-order valence-corrected chi connectivity index (χ3v) is 1.72. The molecule has 1 aromatic rings. The smallest absolute Gasteiger partial charge is 0.261 e. The summed E-state index contributed by atoms with van der Waals surface area (Å²) in [6, 6.07) is 3.38. The van der Waals surface area contributed by atoms with Gasteiger partial charge >= 0.3 is 0 Å². The Morgan fingerprint density at radius 3 is 2.93 bits per heavy atom. The van der Waals surface area contributed by atoms with Crippen LogP contribution >= 0.6 is 0 Å². The lowest BCUT2D eigenvalue weighted by Gasteiger charge is -2.01. The predicted molar refractivity (Wildman–Crippen MR) is 48.9 cm³/mol. The van der Waals surface area contributed by atoms with Gasteiger partial charge in [0.25, 0.3) is 6.43 Å². The minimum atomic E-state index is -2.48. The zero-order valence-corrected chi connectivity index (χ0v) is 8.12. The molecule has 0 aliphatic heterocycles. The number of rotatable bonds is 7. The van der Waals surface area contributed by atoms with Crippen LogP contribution in [-0.2, 0) is 16.0 Å². The molecule has 0 N–H and O–H groups in total. The molecule has 0 bridgehead atoms. The second-order valence-corrected chi connectivity index (χ2v) is 3.01. The number of hydrogen-bond donors (Lipinski definition) is 0. The summed E-state index contributed by atoms with van der Waals surface area (Å²) >= 11 is 0. The number of carbonyl (C=O) groups is 1. The standard InChI is InChI=1S/C10H12F2O3/c11-10(12)7-14-5-3-8(13)6-9-2-1-4-15-9/h1-2,4,10H,3,5-7H2. The highest BCUT2D eigenvalue weighted by molar-refractivity contribution is 5.80. The Bertz CT molecular complexity index is 283. The summed E-state index contributed by atoms with van der Waals surface area (Å²) in [5.41, 5.74) is 0. The van der Waals surface area contributed by atoms with Crippen LogP contribution in [0.3, 0.4) is 0 Å². The van der Waals surface area contributed by atoms with Crippen LogP contribution in [0.5, 0.6) is 0 Å². The van der Waals surface area contributed by atoms with E-state index in [0.717, 1.165) is 0 Å². The van der Waals surface area contributed by atoms with Gasteiger partial charge < -0.3 is 9.15 Å². The average Bonchev–Trinajstić information content (AvgIpc) is 2.64. The first-order valence-electron chi connectivity index (χ1n) is 4.58. The number of ether oxygens (including phenoxy) is 1. The zero-order chi connectivity index (χ0) is 11.1. The van der Waals surface area contributed by atoms with E-state index in [0.29, 0.717) is 5.76 Å². The van der Waals surface area contributed by atoms with Gasteiger partial charge in [0.05, 0.1) is 19.3 Å². The average molecular weight is 218 g/mol. The maximum absolute atomic E-state index is 11.6. The number of furan rings is 1. The molecule has 15 heavy (non-hydrogen) atoms. The van der Waals surface area contributed by atoms with E-state index in [1.807, 2.05) is 0 Å². The number of Topliss-reactive ketones (excluding diaryl/α,β-unsaturated/α-hetero) is 1. The maximum atomic E-state index is 11.6. The van der Waals surface area contributed by atoms with Crippen LogP contribution in [0, 0.1) is 0 Å². The van der Waals surface area contributed by atoms with Crippen molar-refractivity contribution in [2.24, 2.45) is 0 Å². The number of alkyl halides is 2. The van der Waals surface area contributed by atoms with Crippen LogP contribution in [-0.4, -0.2) is 25.4 Å². The van der Waals surface area contributed by atoms with E-state index in [1.54, 1.807) is 12.1 Å². The van der Waals surface area contributed by atoms with Crippen LogP contribution in [0.1, 0.15) is 12.2 Å². The molecule has 0 atom stereocenters. The monoisotopic (exact) mass is 218 g/mol. The van der Waals surface area contributed by atoms with E-state index in [4.69, 9.17) is 4.42 Å². The van der Waals surface area contributed by atoms with Crippen molar-refractivity contribution >= 4 is 5.78 Å². The van der Waals surface area contributed by atoms with Gasteiger partial charge in [0, 0.05) is 6.42 Å². The predicted octanol–water partition coefficient (Wildman–Crippen LogP) is 2.06. The van der Waals surface area contributed by atoms with Crippen molar-refractivity contribution in [2.45, 2.75) is 19.3 Å². The highest BCUT2D eigenvalue weighted by Crippen LogP contribution is 2.03. The van der Waals surface area contributed by atoms with Gasteiger partial charge in [-0.1, -0.05) is 0 Å². The normalized spacial score (nSPS) is 10.9. The Balaban J connectivity index is 2.09. The van der Waals surface area contributed by atoms with Gasteiger partial charge in [0.15, 0.2) is 0 Å². The SMILES string of the molecule is O=C(CCOCC(F)F)Cc1ccco1. The van der Waals surface area contributed by atoms with E-state index < -0.39 is 13.0 Å². The van der Waals surface area contributed by atoms with E-state index in [1.165, 1.54) is 6.26 Å². The fourth-order valence-electron chi connectivity index (χ4n) is 1.05. The van der Waals surface area contributed by atoms with Crippen LogP contribution in [0.4, 0.5) is 8.78 Å². The molecule has 0 spiro atoms. The summed E-state index contributed by atoms with van der Waals surface area (Å²) in [4.78, 5) is 11.2. The molecule has 5 heteroatoms. The van der Waals surface area contributed by atoms with Crippen molar-refractivity contribution in [3.05, 3.63) is 24.2 Å². The molecule has 1 aromatic heterocycles. The number of ketones is 1. The first-order valence-corrected chi connectivity index (χ1v) is 4.58. The Kier molecular flexibility index (Phi) is 4.97. The van der Waals surface area contributed by atoms with Crippen molar-refractivity contribution in [2.75, 3.05) is 13.2 Å². The largest absolute Gasteiger partial charge is 0.469 e. The minimum absolute atomic E-state index is 0.0316. The topological polar surface area (TPSA) is 39.4 Å². The molecule has 0 unspecified atom stereocenters. The molecule has 0 aliphatic carbocycles. The van der Waals surface area contributed by atoms with E-state index in [-0.39, 0.29) is 25.2 Å². The first kappa shape index (κ1) is 11.8. The summed E-state index contributed by atoms with van der Waals surface area (Å²) < 4.78 is 32.8. The second kappa shape index (κ2) is 6.29. The Labute approximate surface area is 86.0 Å². The lowest BCUT2D eigenvalue weighted by Crippen LogP contribution is -2.10. The Morgan fingerprint density at radius 2 is 2.33 bits per heavy atom. The van der Waals surface area contributed by atoms with Crippen LogP contribution in [0.2, 0.25) is 0 Å². The van der Waals surface area contributed by atoms with E-state index in [2.05, 4.69) is 4.74 Å². The summed E-state index contributed by atoms with van der Waals surface area (Å²) in [5, 5.41) is 0. The van der Waals surface area contributed by atoms with Gasteiger partial charge in [-0.25, -0.2) is 8.78 Å². The molecule has 1 rings (SSSR count). The third-order valence-electron chi connectivity index (χ3n) is 1.72. The third kappa shape index (κ3) is 5.27. The van der Waals surface area contributed by atoms with E-state index in [9.17, 15) is 13.6 Å². The fourth-order valence-corrected chi connectivity index (χ4v) is 1.05. The second-order valence-electron chi connectivity index (χ2n) is 3.01. The first-order chi connectivity index (χ1) is 7.18. The molecule has 1 heterocycles. The van der Waals surface area contributed by atoms with Crippen molar-refractivity contribution in [3.8, 4) is 0 Å². The van der Waals surface area contributed by atoms with Gasteiger partial charge in [-0.15, -0.1) is 0 Å². The lowest BCUT2D eigenvalue weighted by molar-refractivity contribution is -0.120. The zero-order valence-electron chi connectivity index (χ0n) is 8.12. The fraction of sp³-hybridized carbons (Fsp3) is 0.500. The highest BCUT2D eigenvalue weighted by atomic mass is 19.3. The van der Waals surface area contributed by atoms with Crippen molar-refractivity contribution in [3.63, 3.8) is 0 Å². The molecule has 0 aliphatic rings. The van der Waals surface area contributed by atoms with Gasteiger partial charge in [0.1, 0.15) is 18.2 Å². The summed E-state index contributed by atoms with van der Waals surface area (Å²) in [5.74, 6) is 0.494. The molecule has 0 aromatic carbocycles. The molecular weight excluding hydrogens is 206 g/mol. The maximum Gasteiger partial charge on any atom is 0.261 e. The molecule has 0 radical (unpaired) electrons. The lowest BCUT2D eigenvalue weighted by atomic mass is 10.2. The van der Waals surface area contributed by atoms with Crippen molar-refractivity contribution in [1.29, 1.82) is 0 Å². The Hall–Kier alpha value is -1.23. The van der Waals surface area contributed by atoms with Gasteiger partial charge in [-0.2, -0.15) is 0 Å². The molecule has 3 nitrogen and oxygen atoms in total. The number of hydrogen-bond acceptors (Lipinski definition) is 3. The van der Waals surface area contributed by atoms with Crippen molar-refractivity contribution in [1.82, 2.24) is 0 Å². The molecule has 84 valence electrons. The summed E-state index contributed by atoms with van der Waals surface area (Å²) in [7, 11) is 0. The Morgan fingerprint density at radius 1 is 1.53 bits per heavy atom. The molecule has 0 amide bonds. The highest BCUT2D eigenvalue weighted by Gasteiger charge is 2.07. The van der Waals surface area contributed by atoms with Gasteiger partial charge in [-0.3, -0.25) is 4.79 Å². The van der Waals surface area contributed by atoms with Crippen LogP contribution in [0.15, 0.2) is 22.8 Å². The minimum Gasteiger partial charge on any atom is -0.469 e. The molecule has 0 saturated heterocycles. The molecule has 0 saturated carbocycles. The van der Waals surface area contributed by atoms with Gasteiger partial charge in [0.2, 0.25) is 0 Å². The van der Waals surface area contributed by atoms with Gasteiger partial charge in [-0.05, 0) is 12.1 Å². The van der Waals surface area contributed by atoms with Crippen molar-refractivity contribution < 1.29 is 22.7 Å². The number of carbonyl (C=O) groups excluding carboxylic acids is 1. The quantitative estimate of drug-likeness (QED) is 0.657. The molecule has 0 fully saturated rings. The molecular formula is C10H12F2O3. The summed E-state index contributed by atoms with van der Waals surface area (Å²) in [6.45, 7) is -0.585. The van der Waals surface area contributed by atoms with Crippen LogP contribution in [0.25, 0.3) is 0 Å². The summed E-state index contributed by atoms with van der Waals surface area (Å²) in [6.07, 6.45) is -0.681. The van der Waals surface area contributed by atoms with E-state index >= 15 is 0 Å². The van der Waals surface area contributed by atoms with Crippen LogP contribution < -0.4 is 0 Å². The number of halogens is 2.